The molecule has 0 amide bonds. The zero-order valence-electron chi connectivity index (χ0n) is 13.1. The summed E-state index contributed by atoms with van der Waals surface area (Å²) < 4.78 is 5.51. The summed E-state index contributed by atoms with van der Waals surface area (Å²) in [6, 6.07) is 5.93. The van der Waals surface area contributed by atoms with E-state index in [1.165, 1.54) is 0 Å². The smallest absolute Gasteiger partial charge is 0.137 e. The fourth-order valence-corrected chi connectivity index (χ4v) is 2.31. The van der Waals surface area contributed by atoms with Gasteiger partial charge in [-0.05, 0) is 32.1 Å². The number of hydrogen-bond acceptors (Lipinski definition) is 5. The lowest BCUT2D eigenvalue weighted by Crippen LogP contribution is -2.28. The van der Waals surface area contributed by atoms with Gasteiger partial charge >= 0.3 is 0 Å². The summed E-state index contributed by atoms with van der Waals surface area (Å²) >= 11 is 0. The van der Waals surface area contributed by atoms with E-state index in [4.69, 9.17) is 4.74 Å². The largest absolute Gasteiger partial charge is 0.494 e. The van der Waals surface area contributed by atoms with Crippen LogP contribution in [0, 0.1) is 0 Å². The highest BCUT2D eigenvalue weighted by Gasteiger charge is 2.05. The molecule has 0 aliphatic rings. The normalized spacial score (nSPS) is 11.0. The molecule has 0 saturated carbocycles. The van der Waals surface area contributed by atoms with Crippen molar-refractivity contribution in [3.63, 3.8) is 0 Å². The number of anilines is 1. The zero-order chi connectivity index (χ0) is 15.1. The van der Waals surface area contributed by atoms with Crippen LogP contribution in [0.2, 0.25) is 0 Å². The summed E-state index contributed by atoms with van der Waals surface area (Å²) in [4.78, 5) is 11.0. The third kappa shape index (κ3) is 4.04. The maximum atomic E-state index is 5.51. The number of nitrogens with one attached hydrogen (secondary N) is 1. The molecule has 0 bridgehead atoms. The van der Waals surface area contributed by atoms with Crippen molar-refractivity contribution in [1.29, 1.82) is 0 Å². The molecular formula is C16H24N4O. The van der Waals surface area contributed by atoms with Crippen LogP contribution < -0.4 is 10.1 Å². The first-order valence-corrected chi connectivity index (χ1v) is 7.62. The molecule has 5 nitrogen and oxygen atoms in total. The van der Waals surface area contributed by atoms with Gasteiger partial charge in [-0.1, -0.05) is 13.8 Å². The summed E-state index contributed by atoms with van der Waals surface area (Å²) in [5.41, 5.74) is 0.904. The first-order valence-electron chi connectivity index (χ1n) is 7.62. The number of rotatable bonds is 8. The summed E-state index contributed by atoms with van der Waals surface area (Å²) in [5, 5.41) is 4.43. The summed E-state index contributed by atoms with van der Waals surface area (Å²) in [7, 11) is 0. The molecule has 5 heteroatoms. The minimum atomic E-state index is 0.658. The van der Waals surface area contributed by atoms with Crippen molar-refractivity contribution in [3.05, 3.63) is 24.5 Å². The second-order valence-electron chi connectivity index (χ2n) is 4.79. The van der Waals surface area contributed by atoms with E-state index in [-0.39, 0.29) is 0 Å². The van der Waals surface area contributed by atoms with E-state index in [1.807, 2.05) is 25.1 Å². The summed E-state index contributed by atoms with van der Waals surface area (Å²) in [6.45, 7) is 11.0. The predicted molar refractivity (Wildman–Crippen MR) is 87.0 cm³/mol. The van der Waals surface area contributed by atoms with Crippen LogP contribution in [0.5, 0.6) is 5.75 Å². The number of likely N-dealkylation sites (N-methyl/N-ethyl adjacent to an activating group) is 1. The van der Waals surface area contributed by atoms with Crippen LogP contribution in [0.25, 0.3) is 10.9 Å². The quantitative estimate of drug-likeness (QED) is 0.809. The molecule has 0 aliphatic heterocycles. The van der Waals surface area contributed by atoms with Crippen molar-refractivity contribution in [2.24, 2.45) is 0 Å². The Balaban J connectivity index is 2.09. The molecule has 0 unspecified atom stereocenters. The van der Waals surface area contributed by atoms with Crippen molar-refractivity contribution < 1.29 is 4.74 Å². The minimum Gasteiger partial charge on any atom is -0.494 e. The Bertz CT molecular complexity index is 569. The molecule has 1 aromatic carbocycles. The lowest BCUT2D eigenvalue weighted by molar-refractivity contribution is 0.316. The average molecular weight is 288 g/mol. The topological polar surface area (TPSA) is 50.3 Å². The van der Waals surface area contributed by atoms with E-state index in [9.17, 15) is 0 Å². The van der Waals surface area contributed by atoms with Crippen LogP contribution in [-0.4, -0.2) is 47.7 Å². The van der Waals surface area contributed by atoms with Gasteiger partial charge in [0.1, 0.15) is 17.9 Å². The van der Waals surface area contributed by atoms with E-state index in [1.54, 1.807) is 6.33 Å². The lowest BCUT2D eigenvalue weighted by Gasteiger charge is -2.18. The molecule has 0 atom stereocenters. The van der Waals surface area contributed by atoms with Gasteiger partial charge in [-0.3, -0.25) is 0 Å². The average Bonchev–Trinajstić information content (AvgIpc) is 2.52. The van der Waals surface area contributed by atoms with Crippen molar-refractivity contribution in [2.45, 2.75) is 20.8 Å². The molecule has 1 aromatic heterocycles. The van der Waals surface area contributed by atoms with Crippen molar-refractivity contribution in [3.8, 4) is 5.75 Å². The number of hydrogen-bond donors (Lipinski definition) is 1. The highest BCUT2D eigenvalue weighted by atomic mass is 16.5. The number of fused-ring (bicyclic) bond motifs is 1. The van der Waals surface area contributed by atoms with Gasteiger partial charge in [0.25, 0.3) is 0 Å². The van der Waals surface area contributed by atoms with Gasteiger partial charge in [-0.25, -0.2) is 9.97 Å². The van der Waals surface area contributed by atoms with Gasteiger partial charge in [-0.15, -0.1) is 0 Å². The Morgan fingerprint density at radius 3 is 2.67 bits per heavy atom. The first kappa shape index (κ1) is 15.5. The van der Waals surface area contributed by atoms with E-state index >= 15 is 0 Å². The number of aromatic nitrogens is 2. The third-order valence-electron chi connectivity index (χ3n) is 3.53. The number of nitrogens with zero attached hydrogens (tertiary/aromatic N) is 3. The molecular weight excluding hydrogens is 264 g/mol. The van der Waals surface area contributed by atoms with Crippen molar-refractivity contribution in [2.75, 3.05) is 38.1 Å². The zero-order valence-corrected chi connectivity index (χ0v) is 13.1. The van der Waals surface area contributed by atoms with Crippen LogP contribution in [0.15, 0.2) is 24.5 Å². The second kappa shape index (κ2) is 7.78. The predicted octanol–water partition coefficient (Wildman–Crippen LogP) is 2.78. The van der Waals surface area contributed by atoms with Gasteiger partial charge in [0, 0.05) is 24.5 Å². The summed E-state index contributed by atoms with van der Waals surface area (Å²) in [5.74, 6) is 1.73. The molecule has 0 saturated heterocycles. The molecule has 0 aliphatic carbocycles. The van der Waals surface area contributed by atoms with E-state index in [0.717, 1.165) is 48.6 Å². The van der Waals surface area contributed by atoms with Crippen molar-refractivity contribution in [1.82, 2.24) is 14.9 Å². The van der Waals surface area contributed by atoms with Gasteiger partial charge in [0.05, 0.1) is 12.1 Å². The van der Waals surface area contributed by atoms with Crippen LogP contribution in [-0.2, 0) is 0 Å². The molecule has 0 fully saturated rings. The highest BCUT2D eigenvalue weighted by molar-refractivity contribution is 5.89. The molecule has 0 radical (unpaired) electrons. The molecule has 114 valence electrons. The molecule has 0 spiro atoms. The Labute approximate surface area is 126 Å². The lowest BCUT2D eigenvalue weighted by atomic mass is 10.2. The standard InChI is InChI=1S/C16H24N4O/c1-4-20(5-2)10-9-17-16-14-8-7-13(21-6-3)11-15(14)18-12-19-16/h7-8,11-12H,4-6,9-10H2,1-3H3,(H,17,18,19). The number of ether oxygens (including phenoxy) is 1. The molecule has 1 N–H and O–H groups in total. The Kier molecular flexibility index (Phi) is 5.75. The van der Waals surface area contributed by atoms with Crippen LogP contribution >= 0.6 is 0 Å². The maximum Gasteiger partial charge on any atom is 0.137 e. The van der Waals surface area contributed by atoms with Gasteiger partial charge < -0.3 is 15.0 Å². The fraction of sp³-hybridized carbons (Fsp3) is 0.500. The Hall–Kier alpha value is -1.88. The Morgan fingerprint density at radius 2 is 1.95 bits per heavy atom. The van der Waals surface area contributed by atoms with E-state index < -0.39 is 0 Å². The molecule has 21 heavy (non-hydrogen) atoms. The first-order chi connectivity index (χ1) is 10.3. The second-order valence-corrected chi connectivity index (χ2v) is 4.79. The fourth-order valence-electron chi connectivity index (χ4n) is 2.31. The number of benzene rings is 1. The monoisotopic (exact) mass is 288 g/mol. The van der Waals surface area contributed by atoms with Gasteiger partial charge in [0.15, 0.2) is 0 Å². The van der Waals surface area contributed by atoms with Crippen LogP contribution in [0.4, 0.5) is 5.82 Å². The molecule has 1 heterocycles. The third-order valence-corrected chi connectivity index (χ3v) is 3.53. The van der Waals surface area contributed by atoms with Crippen molar-refractivity contribution >= 4 is 16.7 Å². The molecule has 2 aromatic rings. The SMILES string of the molecule is CCOc1ccc2c(NCCN(CC)CC)ncnc2c1. The van der Waals surface area contributed by atoms with Crippen LogP contribution in [0.1, 0.15) is 20.8 Å². The highest BCUT2D eigenvalue weighted by Crippen LogP contribution is 2.23. The Morgan fingerprint density at radius 1 is 1.14 bits per heavy atom. The minimum absolute atomic E-state index is 0.658. The maximum absolute atomic E-state index is 5.51. The van der Waals surface area contributed by atoms with Gasteiger partial charge in [0.2, 0.25) is 0 Å². The van der Waals surface area contributed by atoms with E-state index in [0.29, 0.717) is 6.61 Å². The van der Waals surface area contributed by atoms with Crippen LogP contribution in [0.3, 0.4) is 0 Å². The summed E-state index contributed by atoms with van der Waals surface area (Å²) in [6.07, 6.45) is 1.60. The van der Waals surface area contributed by atoms with E-state index in [2.05, 4.69) is 34.0 Å². The molecule has 2 rings (SSSR count). The van der Waals surface area contributed by atoms with Gasteiger partial charge in [-0.2, -0.15) is 0 Å².